The standard InChI is InChI=1S/C12H19N3/c1-12(2,3)15-8-7-14(4)10-5-6-13-9-11(10)15/h5-6,9H,7-8H2,1-4H3. The molecule has 0 saturated carbocycles. The number of aromatic nitrogens is 1. The molecule has 82 valence electrons. The van der Waals surface area contributed by atoms with E-state index in [1.54, 1.807) is 0 Å². The van der Waals surface area contributed by atoms with Crippen molar-refractivity contribution in [3.8, 4) is 0 Å². The number of hydrogen-bond acceptors (Lipinski definition) is 3. The maximum Gasteiger partial charge on any atom is 0.0795 e. The van der Waals surface area contributed by atoms with Gasteiger partial charge in [-0.3, -0.25) is 4.98 Å². The Hall–Kier alpha value is -1.25. The summed E-state index contributed by atoms with van der Waals surface area (Å²) in [6.45, 7) is 8.88. The van der Waals surface area contributed by atoms with Crippen LogP contribution in [0.2, 0.25) is 0 Å². The van der Waals surface area contributed by atoms with Gasteiger partial charge in [0.1, 0.15) is 0 Å². The number of nitrogens with zero attached hydrogens (tertiary/aromatic N) is 3. The molecule has 0 bridgehead atoms. The van der Waals surface area contributed by atoms with Crippen molar-refractivity contribution in [2.24, 2.45) is 0 Å². The monoisotopic (exact) mass is 205 g/mol. The zero-order valence-corrected chi connectivity index (χ0v) is 9.99. The van der Waals surface area contributed by atoms with Gasteiger partial charge in [0.15, 0.2) is 0 Å². The van der Waals surface area contributed by atoms with Gasteiger partial charge in [-0.25, -0.2) is 0 Å². The molecule has 0 spiro atoms. The first-order chi connectivity index (χ1) is 7.00. The Bertz CT molecular complexity index is 354. The van der Waals surface area contributed by atoms with Gasteiger partial charge in [0.05, 0.1) is 17.6 Å². The summed E-state index contributed by atoms with van der Waals surface area (Å²) >= 11 is 0. The Morgan fingerprint density at radius 1 is 1.20 bits per heavy atom. The van der Waals surface area contributed by atoms with E-state index in [4.69, 9.17) is 0 Å². The van der Waals surface area contributed by atoms with E-state index < -0.39 is 0 Å². The number of anilines is 2. The van der Waals surface area contributed by atoms with Gasteiger partial charge in [-0.05, 0) is 26.8 Å². The second kappa shape index (κ2) is 3.40. The van der Waals surface area contributed by atoms with Gasteiger partial charge in [-0.2, -0.15) is 0 Å². The topological polar surface area (TPSA) is 19.4 Å². The second-order valence-corrected chi connectivity index (χ2v) is 5.11. The Morgan fingerprint density at radius 2 is 1.93 bits per heavy atom. The number of rotatable bonds is 0. The lowest BCUT2D eigenvalue weighted by atomic mass is 10.0. The highest BCUT2D eigenvalue weighted by Gasteiger charge is 2.28. The van der Waals surface area contributed by atoms with E-state index in [1.807, 2.05) is 12.4 Å². The Labute approximate surface area is 91.7 Å². The lowest BCUT2D eigenvalue weighted by molar-refractivity contribution is 0.496. The molecule has 1 aliphatic heterocycles. The fourth-order valence-corrected chi connectivity index (χ4v) is 2.10. The van der Waals surface area contributed by atoms with E-state index in [2.05, 4.69) is 48.7 Å². The summed E-state index contributed by atoms with van der Waals surface area (Å²) in [4.78, 5) is 8.94. The van der Waals surface area contributed by atoms with Crippen LogP contribution in [0.5, 0.6) is 0 Å². The third-order valence-corrected chi connectivity index (χ3v) is 2.95. The number of likely N-dealkylation sites (N-methyl/N-ethyl adjacent to an activating group) is 1. The first-order valence-corrected chi connectivity index (χ1v) is 5.43. The van der Waals surface area contributed by atoms with Crippen LogP contribution in [-0.4, -0.2) is 30.7 Å². The summed E-state index contributed by atoms with van der Waals surface area (Å²) in [5, 5.41) is 0. The van der Waals surface area contributed by atoms with Crippen LogP contribution in [0, 0.1) is 0 Å². The van der Waals surface area contributed by atoms with Crippen molar-refractivity contribution in [3.63, 3.8) is 0 Å². The SMILES string of the molecule is CN1CCN(C(C)(C)C)c2cnccc21. The predicted molar refractivity (Wildman–Crippen MR) is 64.6 cm³/mol. The van der Waals surface area contributed by atoms with Crippen LogP contribution in [0.15, 0.2) is 18.5 Å². The summed E-state index contributed by atoms with van der Waals surface area (Å²) in [6, 6.07) is 2.09. The molecule has 0 aliphatic carbocycles. The summed E-state index contributed by atoms with van der Waals surface area (Å²) in [7, 11) is 2.14. The molecule has 0 aromatic carbocycles. The molecule has 0 amide bonds. The highest BCUT2D eigenvalue weighted by molar-refractivity contribution is 5.72. The summed E-state index contributed by atoms with van der Waals surface area (Å²) < 4.78 is 0. The van der Waals surface area contributed by atoms with Crippen molar-refractivity contribution < 1.29 is 0 Å². The summed E-state index contributed by atoms with van der Waals surface area (Å²) in [6.07, 6.45) is 3.83. The molecule has 1 aromatic heterocycles. The number of pyridine rings is 1. The largest absolute Gasteiger partial charge is 0.371 e. The van der Waals surface area contributed by atoms with Crippen molar-refractivity contribution in [2.45, 2.75) is 26.3 Å². The minimum atomic E-state index is 0.166. The molecule has 0 saturated heterocycles. The average molecular weight is 205 g/mol. The molecular weight excluding hydrogens is 186 g/mol. The molecule has 15 heavy (non-hydrogen) atoms. The minimum Gasteiger partial charge on any atom is -0.371 e. The van der Waals surface area contributed by atoms with E-state index in [9.17, 15) is 0 Å². The van der Waals surface area contributed by atoms with Crippen LogP contribution >= 0.6 is 0 Å². The van der Waals surface area contributed by atoms with Gasteiger partial charge >= 0.3 is 0 Å². The van der Waals surface area contributed by atoms with Crippen LogP contribution in [0.1, 0.15) is 20.8 Å². The molecule has 0 unspecified atom stereocenters. The fraction of sp³-hybridized carbons (Fsp3) is 0.583. The van der Waals surface area contributed by atoms with Crippen LogP contribution < -0.4 is 9.80 Å². The molecule has 1 aromatic rings. The van der Waals surface area contributed by atoms with Crippen LogP contribution in [0.25, 0.3) is 0 Å². The van der Waals surface area contributed by atoms with Gasteiger partial charge in [0.25, 0.3) is 0 Å². The highest BCUT2D eigenvalue weighted by Crippen LogP contribution is 2.34. The predicted octanol–water partition coefficient (Wildman–Crippen LogP) is 2.14. The third kappa shape index (κ3) is 1.78. The van der Waals surface area contributed by atoms with Crippen LogP contribution in [0.3, 0.4) is 0 Å². The first kappa shape index (κ1) is 10.3. The molecule has 2 rings (SSSR count). The Balaban J connectivity index is 2.45. The fourth-order valence-electron chi connectivity index (χ4n) is 2.10. The summed E-state index contributed by atoms with van der Waals surface area (Å²) in [5.41, 5.74) is 2.70. The molecular formula is C12H19N3. The number of fused-ring (bicyclic) bond motifs is 1. The van der Waals surface area contributed by atoms with Crippen molar-refractivity contribution in [2.75, 3.05) is 29.9 Å². The minimum absolute atomic E-state index is 0.166. The van der Waals surface area contributed by atoms with Crippen molar-refractivity contribution in [3.05, 3.63) is 18.5 Å². The average Bonchev–Trinajstić information content (AvgIpc) is 2.17. The van der Waals surface area contributed by atoms with E-state index in [0.717, 1.165) is 13.1 Å². The van der Waals surface area contributed by atoms with E-state index in [1.165, 1.54) is 11.4 Å². The molecule has 2 heterocycles. The van der Waals surface area contributed by atoms with E-state index >= 15 is 0 Å². The molecule has 0 atom stereocenters. The highest BCUT2D eigenvalue weighted by atomic mass is 15.3. The Kier molecular flexibility index (Phi) is 2.33. The quantitative estimate of drug-likeness (QED) is 0.647. The van der Waals surface area contributed by atoms with E-state index in [-0.39, 0.29) is 5.54 Å². The second-order valence-electron chi connectivity index (χ2n) is 5.11. The lowest BCUT2D eigenvalue weighted by Crippen LogP contribution is -2.49. The first-order valence-electron chi connectivity index (χ1n) is 5.43. The van der Waals surface area contributed by atoms with E-state index in [0.29, 0.717) is 0 Å². The molecule has 0 radical (unpaired) electrons. The third-order valence-electron chi connectivity index (χ3n) is 2.95. The van der Waals surface area contributed by atoms with Crippen molar-refractivity contribution in [1.29, 1.82) is 0 Å². The van der Waals surface area contributed by atoms with Gasteiger partial charge in [-0.15, -0.1) is 0 Å². The Morgan fingerprint density at radius 3 is 2.60 bits per heavy atom. The van der Waals surface area contributed by atoms with Crippen molar-refractivity contribution >= 4 is 11.4 Å². The summed E-state index contributed by atoms with van der Waals surface area (Å²) in [5.74, 6) is 0. The molecule has 3 nitrogen and oxygen atoms in total. The zero-order valence-electron chi connectivity index (χ0n) is 9.99. The molecule has 0 fully saturated rings. The van der Waals surface area contributed by atoms with Gasteiger partial charge in [-0.1, -0.05) is 0 Å². The van der Waals surface area contributed by atoms with Crippen molar-refractivity contribution in [1.82, 2.24) is 4.98 Å². The lowest BCUT2D eigenvalue weighted by Gasteiger charge is -2.44. The number of hydrogen-bond donors (Lipinski definition) is 0. The van der Waals surface area contributed by atoms with Gasteiger partial charge < -0.3 is 9.80 Å². The normalized spacial score (nSPS) is 16.5. The molecule has 1 aliphatic rings. The maximum absolute atomic E-state index is 4.23. The zero-order chi connectivity index (χ0) is 11.1. The van der Waals surface area contributed by atoms with Crippen LogP contribution in [0.4, 0.5) is 11.4 Å². The van der Waals surface area contributed by atoms with Gasteiger partial charge in [0, 0.05) is 31.9 Å². The molecule has 0 N–H and O–H groups in total. The molecule has 3 heteroatoms. The smallest absolute Gasteiger partial charge is 0.0795 e. The maximum atomic E-state index is 4.23. The van der Waals surface area contributed by atoms with Gasteiger partial charge in [0.2, 0.25) is 0 Å². The van der Waals surface area contributed by atoms with Crippen LogP contribution in [-0.2, 0) is 0 Å².